The van der Waals surface area contributed by atoms with E-state index in [1.807, 2.05) is 6.92 Å². The monoisotopic (exact) mass is 441 g/mol. The van der Waals surface area contributed by atoms with Gasteiger partial charge in [0.1, 0.15) is 5.69 Å². The number of nitrogen functional groups attached to an aromatic ring is 1. The molecule has 1 unspecified atom stereocenters. The van der Waals surface area contributed by atoms with Gasteiger partial charge in [0.2, 0.25) is 12.4 Å². The van der Waals surface area contributed by atoms with Gasteiger partial charge in [-0.05, 0) is 12.8 Å². The van der Waals surface area contributed by atoms with Crippen LogP contribution >= 0.6 is 24.0 Å². The van der Waals surface area contributed by atoms with Gasteiger partial charge >= 0.3 is 0 Å². The Hall–Kier alpha value is -1.11. The molecule has 1 atom stereocenters. The summed E-state index contributed by atoms with van der Waals surface area (Å²) in [5.41, 5.74) is 6.03. The molecule has 1 aromatic heterocycles. The highest BCUT2D eigenvalue weighted by atomic mass is 127. The molecule has 0 saturated carbocycles. The maximum Gasteiger partial charge on any atom is 0.280 e. The highest BCUT2D eigenvalue weighted by Gasteiger charge is 2.34. The van der Waals surface area contributed by atoms with E-state index in [4.69, 9.17) is 15.6 Å². The number of ether oxygens (including phenoxy) is 1. The van der Waals surface area contributed by atoms with Gasteiger partial charge in [-0.3, -0.25) is 14.3 Å². The topological polar surface area (TPSA) is 117 Å². The summed E-state index contributed by atoms with van der Waals surface area (Å²) >= 11 is 0. The van der Waals surface area contributed by atoms with Gasteiger partial charge in [0, 0.05) is 20.2 Å². The van der Waals surface area contributed by atoms with Crippen LogP contribution in [0, 0.1) is 0 Å². The van der Waals surface area contributed by atoms with Crippen LogP contribution in [0.15, 0.2) is 4.79 Å². The Labute approximate surface area is 151 Å². The first-order valence-electron chi connectivity index (χ1n) is 7.29. The summed E-state index contributed by atoms with van der Waals surface area (Å²) in [6, 6.07) is 0. The average Bonchev–Trinajstić information content (AvgIpc) is 2.80. The minimum absolute atomic E-state index is 0. The number of aromatic nitrogens is 2. The van der Waals surface area contributed by atoms with Gasteiger partial charge in [-0.15, -0.1) is 24.0 Å². The van der Waals surface area contributed by atoms with E-state index >= 15 is 0 Å². The quantitative estimate of drug-likeness (QED) is 0.301. The molecule has 0 bridgehead atoms. The molecule has 0 radical (unpaired) electrons. The molecule has 0 amide bonds. The number of halogens is 1. The van der Waals surface area contributed by atoms with E-state index in [2.05, 4.69) is 4.98 Å². The fraction of sp³-hybridized carbons (Fsp3) is 0.692. The number of aliphatic hydroxyl groups excluding tert-OH is 2. The predicted molar refractivity (Wildman–Crippen MR) is 98.0 cm³/mol. The molecule has 1 aliphatic rings. The maximum absolute atomic E-state index is 12.5. The molecule has 4 N–H and O–H groups in total. The van der Waals surface area contributed by atoms with Crippen LogP contribution in [0.5, 0.6) is 0 Å². The van der Waals surface area contributed by atoms with Crippen LogP contribution in [0.1, 0.15) is 19.8 Å². The van der Waals surface area contributed by atoms with Crippen LogP contribution < -0.4 is 21.1 Å². The lowest BCUT2D eigenvalue weighted by Crippen LogP contribution is -2.39. The minimum atomic E-state index is -1.25. The van der Waals surface area contributed by atoms with Crippen LogP contribution in [0.2, 0.25) is 0 Å². The van der Waals surface area contributed by atoms with Gasteiger partial charge in [0.25, 0.3) is 5.56 Å². The van der Waals surface area contributed by atoms with E-state index in [0.717, 1.165) is 6.42 Å². The number of anilines is 3. The highest BCUT2D eigenvalue weighted by Crippen LogP contribution is 2.31. The number of hydrogen-bond acceptors (Lipinski definition) is 8. The van der Waals surface area contributed by atoms with Crippen molar-refractivity contribution < 1.29 is 14.9 Å². The summed E-state index contributed by atoms with van der Waals surface area (Å²) < 4.78 is 6.66. The van der Waals surface area contributed by atoms with E-state index in [0.29, 0.717) is 24.5 Å². The Kier molecular flexibility index (Phi) is 7.51. The largest absolute Gasteiger partial charge is 0.396 e. The molecule has 10 heteroatoms. The van der Waals surface area contributed by atoms with Gasteiger partial charge in [-0.2, -0.15) is 4.98 Å². The second-order valence-electron chi connectivity index (χ2n) is 5.18. The summed E-state index contributed by atoms with van der Waals surface area (Å²) in [4.78, 5) is 19.9. The summed E-state index contributed by atoms with van der Waals surface area (Å²) in [5, 5.41) is 18.8. The van der Waals surface area contributed by atoms with E-state index in [9.17, 15) is 9.90 Å². The molecule has 2 rings (SSSR count). The number of nitrogens with two attached hydrogens (primary N) is 1. The smallest absolute Gasteiger partial charge is 0.280 e. The third kappa shape index (κ3) is 4.05. The Morgan fingerprint density at radius 1 is 1.48 bits per heavy atom. The lowest BCUT2D eigenvalue weighted by Gasteiger charge is -2.24. The maximum atomic E-state index is 12.5. The van der Waals surface area contributed by atoms with Crippen LogP contribution in [-0.4, -0.2) is 53.1 Å². The molecule has 2 heterocycles. The number of aliphatic hydroxyl groups is 2. The Morgan fingerprint density at radius 3 is 2.78 bits per heavy atom. The summed E-state index contributed by atoms with van der Waals surface area (Å²) in [6.45, 7) is 2.90. The van der Waals surface area contributed by atoms with Crippen molar-refractivity contribution >= 4 is 41.4 Å². The zero-order chi connectivity index (χ0) is 16.3. The van der Waals surface area contributed by atoms with Gasteiger partial charge in [-0.1, -0.05) is 6.92 Å². The molecule has 0 fully saturated rings. The molecular weight excluding hydrogens is 417 g/mol. The standard InChI is InChI=1S/C13H23N5O4.HI/c1-3-5-17-11(20)9-10(15-12(17)14)18(8-16(9)2)13(21)22-7-4-6-19;/h13,19,21H,3-8H2,1-2H3,(H2,14,15);1H. The SMILES string of the molecule is CCCn1c(N)nc2c(c1=O)N(C)CN2C(O)OCCCO.I. The fourth-order valence-electron chi connectivity index (χ4n) is 2.41. The van der Waals surface area contributed by atoms with Crippen LogP contribution in [-0.2, 0) is 11.3 Å². The molecule has 9 nitrogen and oxygen atoms in total. The van der Waals surface area contributed by atoms with Crippen LogP contribution in [0.25, 0.3) is 0 Å². The van der Waals surface area contributed by atoms with Gasteiger partial charge in [0.05, 0.1) is 13.3 Å². The van der Waals surface area contributed by atoms with E-state index in [1.54, 1.807) is 11.9 Å². The summed E-state index contributed by atoms with van der Waals surface area (Å²) in [7, 11) is 1.74. The third-order valence-electron chi connectivity index (χ3n) is 3.46. The summed E-state index contributed by atoms with van der Waals surface area (Å²) in [6.07, 6.45) is -0.0600. The Bertz CT molecular complexity index is 582. The van der Waals surface area contributed by atoms with Crippen molar-refractivity contribution in [3.8, 4) is 0 Å². The molecule has 0 spiro atoms. The Morgan fingerprint density at radius 2 is 2.17 bits per heavy atom. The zero-order valence-electron chi connectivity index (χ0n) is 13.3. The second-order valence-corrected chi connectivity index (χ2v) is 5.18. The lowest BCUT2D eigenvalue weighted by molar-refractivity contribution is -0.101. The molecule has 132 valence electrons. The molecule has 0 aliphatic carbocycles. The van der Waals surface area contributed by atoms with E-state index in [1.165, 1.54) is 9.47 Å². The summed E-state index contributed by atoms with van der Waals surface area (Å²) in [5.74, 6) is 0.433. The number of rotatable bonds is 7. The van der Waals surface area contributed by atoms with E-state index < -0.39 is 6.41 Å². The molecule has 23 heavy (non-hydrogen) atoms. The van der Waals surface area contributed by atoms with Gasteiger partial charge < -0.3 is 25.6 Å². The lowest BCUT2D eigenvalue weighted by atomic mass is 10.4. The van der Waals surface area contributed by atoms with Crippen molar-refractivity contribution in [2.75, 3.05) is 42.5 Å². The normalized spacial score (nSPS) is 14.6. The van der Waals surface area contributed by atoms with Gasteiger partial charge in [0.15, 0.2) is 5.82 Å². The molecular formula is C13H24IN5O4. The molecule has 0 saturated heterocycles. The van der Waals surface area contributed by atoms with E-state index in [-0.39, 0.29) is 55.4 Å². The predicted octanol–water partition coefficient (Wildman–Crippen LogP) is -0.258. The third-order valence-corrected chi connectivity index (χ3v) is 3.46. The van der Waals surface area contributed by atoms with Gasteiger partial charge in [-0.25, -0.2) is 0 Å². The molecule has 0 aromatic carbocycles. The van der Waals surface area contributed by atoms with Crippen LogP contribution in [0.3, 0.4) is 0 Å². The highest BCUT2D eigenvalue weighted by molar-refractivity contribution is 14.0. The number of nitrogens with zero attached hydrogens (tertiary/aromatic N) is 4. The van der Waals surface area contributed by atoms with Crippen molar-refractivity contribution in [1.82, 2.24) is 9.55 Å². The van der Waals surface area contributed by atoms with Crippen LogP contribution in [0.4, 0.5) is 17.5 Å². The molecule has 1 aliphatic heterocycles. The van der Waals surface area contributed by atoms with Crippen molar-refractivity contribution in [3.05, 3.63) is 10.4 Å². The van der Waals surface area contributed by atoms with Crippen molar-refractivity contribution in [1.29, 1.82) is 0 Å². The number of fused-ring (bicyclic) bond motifs is 1. The number of hydrogen-bond donors (Lipinski definition) is 3. The minimum Gasteiger partial charge on any atom is -0.396 e. The Balaban J connectivity index is 0.00000264. The van der Waals surface area contributed by atoms with Crippen molar-refractivity contribution in [3.63, 3.8) is 0 Å². The second kappa shape index (κ2) is 8.66. The zero-order valence-corrected chi connectivity index (χ0v) is 15.6. The molecule has 1 aromatic rings. The van der Waals surface area contributed by atoms with Crippen molar-refractivity contribution in [2.24, 2.45) is 0 Å². The first-order chi connectivity index (χ1) is 10.5. The average molecular weight is 441 g/mol. The first-order valence-corrected chi connectivity index (χ1v) is 7.29. The fourth-order valence-corrected chi connectivity index (χ4v) is 2.41. The van der Waals surface area contributed by atoms with Crippen molar-refractivity contribution in [2.45, 2.75) is 32.7 Å². The first kappa shape index (κ1) is 19.9.